The molecule has 1 atom stereocenters. The van der Waals surface area contributed by atoms with Crippen LogP contribution in [0.15, 0.2) is 24.3 Å². The fourth-order valence-corrected chi connectivity index (χ4v) is 2.12. The summed E-state index contributed by atoms with van der Waals surface area (Å²) < 4.78 is 9.12. The van der Waals surface area contributed by atoms with Crippen LogP contribution >= 0.6 is 12.0 Å². The SMILES string of the molecule is CC=CC(C=CC)(SO)C(C)CC. The van der Waals surface area contributed by atoms with E-state index in [9.17, 15) is 4.55 Å². The van der Waals surface area contributed by atoms with E-state index in [1.807, 2.05) is 26.0 Å². The molecule has 0 aromatic carbocycles. The van der Waals surface area contributed by atoms with Crippen molar-refractivity contribution in [3.63, 3.8) is 0 Å². The molecule has 0 heterocycles. The van der Waals surface area contributed by atoms with Crippen LogP contribution in [0.4, 0.5) is 0 Å². The molecular weight excluding hydrogens is 180 g/mol. The van der Waals surface area contributed by atoms with Gasteiger partial charge in [0.1, 0.15) is 0 Å². The molecule has 2 heteroatoms. The van der Waals surface area contributed by atoms with Gasteiger partial charge in [-0.3, -0.25) is 0 Å². The van der Waals surface area contributed by atoms with Gasteiger partial charge >= 0.3 is 0 Å². The summed E-state index contributed by atoms with van der Waals surface area (Å²) in [6, 6.07) is 0. The van der Waals surface area contributed by atoms with Crippen molar-refractivity contribution >= 4 is 12.0 Å². The highest BCUT2D eigenvalue weighted by atomic mass is 32.2. The van der Waals surface area contributed by atoms with Gasteiger partial charge in [0.25, 0.3) is 0 Å². The largest absolute Gasteiger partial charge is 0.329 e. The highest BCUT2D eigenvalue weighted by molar-refractivity contribution is 7.95. The van der Waals surface area contributed by atoms with Gasteiger partial charge in [-0.1, -0.05) is 44.6 Å². The Morgan fingerprint density at radius 2 is 1.77 bits per heavy atom. The summed E-state index contributed by atoms with van der Waals surface area (Å²) in [5.41, 5.74) is 0. The van der Waals surface area contributed by atoms with Gasteiger partial charge in [0.05, 0.1) is 4.75 Å². The normalized spacial score (nSPS) is 19.5. The Morgan fingerprint density at radius 3 is 2.00 bits per heavy atom. The minimum absolute atomic E-state index is 0.238. The molecule has 0 bridgehead atoms. The van der Waals surface area contributed by atoms with Crippen LogP contribution in [0.25, 0.3) is 0 Å². The lowest BCUT2D eigenvalue weighted by Gasteiger charge is -2.29. The molecule has 0 aromatic heterocycles. The van der Waals surface area contributed by atoms with E-state index in [-0.39, 0.29) is 4.75 Å². The monoisotopic (exact) mass is 200 g/mol. The molecule has 0 saturated heterocycles. The molecule has 1 unspecified atom stereocenters. The predicted molar refractivity (Wildman–Crippen MR) is 62.0 cm³/mol. The van der Waals surface area contributed by atoms with Crippen LogP contribution in [0.5, 0.6) is 0 Å². The summed E-state index contributed by atoms with van der Waals surface area (Å²) in [5.74, 6) is 0.440. The van der Waals surface area contributed by atoms with E-state index in [1.54, 1.807) is 0 Å². The molecule has 0 fully saturated rings. The van der Waals surface area contributed by atoms with Gasteiger partial charge < -0.3 is 4.55 Å². The second-order valence-corrected chi connectivity index (χ2v) is 4.14. The van der Waals surface area contributed by atoms with E-state index >= 15 is 0 Å². The third kappa shape index (κ3) is 3.20. The number of hydrogen-bond acceptors (Lipinski definition) is 2. The lowest BCUT2D eigenvalue weighted by Crippen LogP contribution is -2.27. The molecule has 0 aliphatic heterocycles. The number of hydrogen-bond donors (Lipinski definition) is 1. The molecule has 0 saturated carbocycles. The third-order valence-corrected chi connectivity index (χ3v) is 3.39. The maximum atomic E-state index is 9.35. The van der Waals surface area contributed by atoms with Crippen LogP contribution in [-0.4, -0.2) is 9.30 Å². The average Bonchev–Trinajstić information content (AvgIpc) is 2.16. The van der Waals surface area contributed by atoms with Gasteiger partial charge in [-0.25, -0.2) is 0 Å². The van der Waals surface area contributed by atoms with Gasteiger partial charge in [-0.05, 0) is 19.8 Å². The molecule has 0 radical (unpaired) electrons. The summed E-state index contributed by atoms with van der Waals surface area (Å²) in [5, 5.41) is 0. The molecule has 0 aromatic rings. The fraction of sp³-hybridized carbons (Fsp3) is 0.636. The second-order valence-electron chi connectivity index (χ2n) is 3.25. The van der Waals surface area contributed by atoms with E-state index in [2.05, 4.69) is 26.0 Å². The lowest BCUT2D eigenvalue weighted by atomic mass is 9.90. The standard InChI is InChI=1S/C11H20OS/c1-5-8-11(13-12,9-6-2)10(4)7-3/h5-6,8-10,12H,7H2,1-4H3. The zero-order chi connectivity index (χ0) is 10.3. The Labute approximate surface area is 86.1 Å². The Bertz CT molecular complexity index is 173. The number of rotatable bonds is 5. The first-order chi connectivity index (χ1) is 6.16. The molecule has 0 aliphatic carbocycles. The van der Waals surface area contributed by atoms with Crippen molar-refractivity contribution in [3.8, 4) is 0 Å². The summed E-state index contributed by atoms with van der Waals surface area (Å²) in [7, 11) is 0. The van der Waals surface area contributed by atoms with E-state index in [0.29, 0.717) is 5.92 Å². The Morgan fingerprint density at radius 1 is 1.31 bits per heavy atom. The van der Waals surface area contributed by atoms with Crippen LogP contribution in [0.2, 0.25) is 0 Å². The van der Waals surface area contributed by atoms with Crippen molar-refractivity contribution < 1.29 is 4.55 Å². The zero-order valence-electron chi connectivity index (χ0n) is 8.95. The summed E-state index contributed by atoms with van der Waals surface area (Å²) in [4.78, 5) is 0. The summed E-state index contributed by atoms with van der Waals surface area (Å²) in [6.45, 7) is 8.26. The Balaban J connectivity index is 4.84. The van der Waals surface area contributed by atoms with Crippen LogP contribution in [-0.2, 0) is 0 Å². The fourth-order valence-electron chi connectivity index (χ4n) is 1.37. The summed E-state index contributed by atoms with van der Waals surface area (Å²) in [6.07, 6.45) is 9.17. The molecule has 0 rings (SSSR count). The Kier molecular flexibility index (Phi) is 6.17. The van der Waals surface area contributed by atoms with Crippen LogP contribution in [0, 0.1) is 5.92 Å². The maximum absolute atomic E-state index is 9.35. The molecule has 76 valence electrons. The van der Waals surface area contributed by atoms with Crippen molar-refractivity contribution in [2.75, 3.05) is 0 Å². The van der Waals surface area contributed by atoms with Crippen molar-refractivity contribution in [2.45, 2.75) is 38.9 Å². The van der Waals surface area contributed by atoms with Crippen molar-refractivity contribution in [1.82, 2.24) is 0 Å². The molecule has 1 nitrogen and oxygen atoms in total. The zero-order valence-corrected chi connectivity index (χ0v) is 9.77. The first-order valence-corrected chi connectivity index (χ1v) is 5.54. The van der Waals surface area contributed by atoms with E-state index in [4.69, 9.17) is 0 Å². The van der Waals surface area contributed by atoms with E-state index < -0.39 is 0 Å². The predicted octanol–water partition coefficient (Wildman–Crippen LogP) is 4.13. The Hall–Kier alpha value is -0.210. The highest BCUT2D eigenvalue weighted by Crippen LogP contribution is 2.36. The molecule has 0 spiro atoms. The third-order valence-electron chi connectivity index (χ3n) is 2.40. The maximum Gasteiger partial charge on any atom is 0.0804 e. The number of allylic oxidation sites excluding steroid dienone is 2. The van der Waals surface area contributed by atoms with Gasteiger partial charge in [-0.2, -0.15) is 0 Å². The van der Waals surface area contributed by atoms with Gasteiger partial charge in [0.15, 0.2) is 0 Å². The topological polar surface area (TPSA) is 20.2 Å². The van der Waals surface area contributed by atoms with Gasteiger partial charge in [0.2, 0.25) is 0 Å². The van der Waals surface area contributed by atoms with Crippen molar-refractivity contribution in [2.24, 2.45) is 5.92 Å². The van der Waals surface area contributed by atoms with E-state index in [1.165, 1.54) is 0 Å². The van der Waals surface area contributed by atoms with Crippen LogP contribution < -0.4 is 0 Å². The van der Waals surface area contributed by atoms with Crippen LogP contribution in [0.1, 0.15) is 34.1 Å². The van der Waals surface area contributed by atoms with Crippen molar-refractivity contribution in [1.29, 1.82) is 0 Å². The summed E-state index contributed by atoms with van der Waals surface area (Å²) >= 11 is 0.926. The van der Waals surface area contributed by atoms with Gasteiger partial charge in [-0.15, -0.1) is 0 Å². The quantitative estimate of drug-likeness (QED) is 0.532. The van der Waals surface area contributed by atoms with Crippen molar-refractivity contribution in [3.05, 3.63) is 24.3 Å². The minimum atomic E-state index is -0.238. The molecular formula is C11H20OS. The smallest absolute Gasteiger partial charge is 0.0804 e. The van der Waals surface area contributed by atoms with E-state index in [0.717, 1.165) is 18.5 Å². The first-order valence-electron chi connectivity index (χ1n) is 4.77. The molecule has 0 amide bonds. The van der Waals surface area contributed by atoms with Crippen LogP contribution in [0.3, 0.4) is 0 Å². The highest BCUT2D eigenvalue weighted by Gasteiger charge is 2.30. The first kappa shape index (κ1) is 12.8. The molecule has 1 N–H and O–H groups in total. The minimum Gasteiger partial charge on any atom is -0.329 e. The van der Waals surface area contributed by atoms with Gasteiger partial charge in [0, 0.05) is 12.0 Å². The lowest BCUT2D eigenvalue weighted by molar-refractivity contribution is 0.495. The second kappa shape index (κ2) is 6.28. The molecule has 13 heavy (non-hydrogen) atoms. The molecule has 0 aliphatic rings. The average molecular weight is 200 g/mol.